The van der Waals surface area contributed by atoms with Crippen molar-refractivity contribution in [3.63, 3.8) is 0 Å². The van der Waals surface area contributed by atoms with Gasteiger partial charge in [0, 0.05) is 24.6 Å². The van der Waals surface area contributed by atoms with E-state index < -0.39 is 0 Å². The van der Waals surface area contributed by atoms with Crippen LogP contribution in [0.3, 0.4) is 0 Å². The highest BCUT2D eigenvalue weighted by Crippen LogP contribution is 2.53. The van der Waals surface area contributed by atoms with Crippen molar-refractivity contribution in [1.82, 2.24) is 5.32 Å². The Kier molecular flexibility index (Phi) is 5.30. The lowest BCUT2D eigenvalue weighted by Gasteiger charge is -2.57. The van der Waals surface area contributed by atoms with E-state index in [0.29, 0.717) is 29.4 Å². The van der Waals surface area contributed by atoms with Crippen molar-refractivity contribution in [2.24, 2.45) is 22.1 Å². The molecule has 1 spiro atoms. The molecule has 2 atom stereocenters. The molecule has 0 amide bonds. The summed E-state index contributed by atoms with van der Waals surface area (Å²) in [7, 11) is 0. The van der Waals surface area contributed by atoms with E-state index in [0.717, 1.165) is 19.6 Å². The Morgan fingerprint density at radius 3 is 2.65 bits per heavy atom. The second kappa shape index (κ2) is 6.79. The van der Waals surface area contributed by atoms with Crippen LogP contribution >= 0.6 is 0 Å². The van der Waals surface area contributed by atoms with Crippen molar-refractivity contribution < 1.29 is 4.74 Å². The van der Waals surface area contributed by atoms with Crippen LogP contribution in [0.25, 0.3) is 0 Å². The predicted molar refractivity (Wildman–Crippen MR) is 83.8 cm³/mol. The quantitative estimate of drug-likeness (QED) is 0.601. The van der Waals surface area contributed by atoms with Gasteiger partial charge in [-0.2, -0.15) is 0 Å². The maximum Gasteiger partial charge on any atom is 0.188 e. The lowest BCUT2D eigenvalue weighted by atomic mass is 9.55. The van der Waals surface area contributed by atoms with Crippen LogP contribution in [-0.4, -0.2) is 31.3 Å². The molecule has 0 bridgehead atoms. The fourth-order valence-electron chi connectivity index (χ4n) is 3.77. The molecule has 0 aromatic rings. The Labute approximate surface area is 123 Å². The first kappa shape index (κ1) is 15.6. The molecule has 2 saturated carbocycles. The third kappa shape index (κ3) is 3.27. The number of nitrogens with zero attached hydrogens (tertiary/aromatic N) is 1. The molecule has 2 rings (SSSR count). The van der Waals surface area contributed by atoms with Crippen LogP contribution in [0.4, 0.5) is 0 Å². The number of nitrogens with one attached hydrogen (secondary N) is 1. The lowest BCUT2D eigenvalue weighted by Crippen LogP contribution is -2.66. The summed E-state index contributed by atoms with van der Waals surface area (Å²) in [5.41, 5.74) is 6.35. The van der Waals surface area contributed by atoms with Crippen LogP contribution in [0.15, 0.2) is 4.99 Å². The molecule has 116 valence electrons. The first-order valence-corrected chi connectivity index (χ1v) is 8.26. The van der Waals surface area contributed by atoms with Gasteiger partial charge in [0.25, 0.3) is 0 Å². The third-order valence-corrected chi connectivity index (χ3v) is 4.89. The molecule has 2 aliphatic rings. The molecule has 4 nitrogen and oxygen atoms in total. The van der Waals surface area contributed by atoms with E-state index in [-0.39, 0.29) is 0 Å². The van der Waals surface area contributed by atoms with E-state index in [1.54, 1.807) is 0 Å². The van der Waals surface area contributed by atoms with E-state index in [1.807, 2.05) is 0 Å². The summed E-state index contributed by atoms with van der Waals surface area (Å²) in [4.78, 5) is 4.44. The molecule has 0 radical (unpaired) electrons. The number of guanidine groups is 1. The number of ether oxygens (including phenoxy) is 1. The summed E-state index contributed by atoms with van der Waals surface area (Å²) in [6.45, 7) is 8.03. The number of hydrogen-bond donors (Lipinski definition) is 2. The fraction of sp³-hybridized carbons (Fsp3) is 0.938. The smallest absolute Gasteiger partial charge is 0.188 e. The maximum absolute atomic E-state index is 6.04. The highest BCUT2D eigenvalue weighted by Gasteiger charge is 2.55. The Balaban J connectivity index is 1.95. The monoisotopic (exact) mass is 281 g/mol. The van der Waals surface area contributed by atoms with Crippen LogP contribution < -0.4 is 11.1 Å². The maximum atomic E-state index is 6.04. The summed E-state index contributed by atoms with van der Waals surface area (Å²) in [5, 5.41) is 3.47. The standard InChI is InChI=1S/C16H31N3O/c1-4-20-14-10-13(16(14)8-6-5-7-9-16)19-15(17)18-11-12(2)3/h12-14H,4-11H2,1-3H3,(H3,17,18,19). The van der Waals surface area contributed by atoms with Gasteiger partial charge in [-0.15, -0.1) is 0 Å². The van der Waals surface area contributed by atoms with Gasteiger partial charge in [0.2, 0.25) is 0 Å². The first-order valence-electron chi connectivity index (χ1n) is 8.26. The highest BCUT2D eigenvalue weighted by atomic mass is 16.5. The minimum Gasteiger partial charge on any atom is -0.378 e. The summed E-state index contributed by atoms with van der Waals surface area (Å²) in [5.74, 6) is 1.17. The number of hydrogen-bond acceptors (Lipinski definition) is 2. The van der Waals surface area contributed by atoms with E-state index in [9.17, 15) is 0 Å². The van der Waals surface area contributed by atoms with Crippen LogP contribution in [0.5, 0.6) is 0 Å². The van der Waals surface area contributed by atoms with Crippen molar-refractivity contribution in [2.75, 3.05) is 13.2 Å². The molecule has 0 heterocycles. The normalized spacial score (nSPS) is 29.5. The van der Waals surface area contributed by atoms with Crippen molar-refractivity contribution in [3.05, 3.63) is 0 Å². The summed E-state index contributed by atoms with van der Waals surface area (Å²) in [6.07, 6.45) is 8.05. The van der Waals surface area contributed by atoms with Crippen LogP contribution in [-0.2, 0) is 4.74 Å². The van der Waals surface area contributed by atoms with Gasteiger partial charge in [0.05, 0.1) is 6.10 Å². The Hall–Kier alpha value is -0.770. The molecule has 2 aliphatic carbocycles. The Morgan fingerprint density at radius 2 is 2.05 bits per heavy atom. The largest absolute Gasteiger partial charge is 0.378 e. The lowest BCUT2D eigenvalue weighted by molar-refractivity contribution is -0.145. The average molecular weight is 281 g/mol. The van der Waals surface area contributed by atoms with Gasteiger partial charge in [0.1, 0.15) is 0 Å². The zero-order chi connectivity index (χ0) is 14.6. The molecule has 2 unspecified atom stereocenters. The SMILES string of the molecule is CCOC1CC(NC(N)=NCC(C)C)C12CCCCC2. The number of rotatable bonds is 5. The molecule has 0 aliphatic heterocycles. The first-order chi connectivity index (χ1) is 9.58. The van der Waals surface area contributed by atoms with Crippen LogP contribution in [0.1, 0.15) is 59.3 Å². The predicted octanol–water partition coefficient (Wildman–Crippen LogP) is 2.67. The molecule has 4 heteroatoms. The number of aliphatic imine (C=N–C) groups is 1. The van der Waals surface area contributed by atoms with Gasteiger partial charge in [0.15, 0.2) is 5.96 Å². The average Bonchev–Trinajstić information content (AvgIpc) is 2.45. The van der Waals surface area contributed by atoms with Crippen molar-refractivity contribution >= 4 is 5.96 Å². The molecule has 3 N–H and O–H groups in total. The summed E-state index contributed by atoms with van der Waals surface area (Å²) < 4.78 is 5.96. The van der Waals surface area contributed by atoms with Gasteiger partial charge in [-0.25, -0.2) is 0 Å². The van der Waals surface area contributed by atoms with Crippen LogP contribution in [0.2, 0.25) is 0 Å². The molecule has 2 fully saturated rings. The van der Waals surface area contributed by atoms with Crippen molar-refractivity contribution in [2.45, 2.75) is 71.4 Å². The molecular formula is C16H31N3O. The second-order valence-corrected chi connectivity index (χ2v) is 6.79. The third-order valence-electron chi connectivity index (χ3n) is 4.89. The minimum absolute atomic E-state index is 0.312. The van der Waals surface area contributed by atoms with E-state index in [4.69, 9.17) is 10.5 Å². The fourth-order valence-corrected chi connectivity index (χ4v) is 3.77. The van der Waals surface area contributed by atoms with Gasteiger partial charge in [-0.1, -0.05) is 33.1 Å². The molecule has 20 heavy (non-hydrogen) atoms. The molecule has 0 aromatic carbocycles. The molecular weight excluding hydrogens is 250 g/mol. The zero-order valence-electron chi connectivity index (χ0n) is 13.3. The van der Waals surface area contributed by atoms with E-state index >= 15 is 0 Å². The molecule has 0 saturated heterocycles. The summed E-state index contributed by atoms with van der Waals surface area (Å²) >= 11 is 0. The van der Waals surface area contributed by atoms with Gasteiger partial charge < -0.3 is 15.8 Å². The second-order valence-electron chi connectivity index (χ2n) is 6.79. The topological polar surface area (TPSA) is 59.6 Å². The van der Waals surface area contributed by atoms with Gasteiger partial charge in [-0.05, 0) is 32.1 Å². The van der Waals surface area contributed by atoms with Crippen molar-refractivity contribution in [1.29, 1.82) is 0 Å². The number of nitrogens with two attached hydrogens (primary N) is 1. The Morgan fingerprint density at radius 1 is 1.35 bits per heavy atom. The van der Waals surface area contributed by atoms with Gasteiger partial charge >= 0.3 is 0 Å². The minimum atomic E-state index is 0.312. The molecule has 0 aromatic heterocycles. The summed E-state index contributed by atoms with van der Waals surface area (Å²) in [6, 6.07) is 0.454. The van der Waals surface area contributed by atoms with Crippen LogP contribution in [0, 0.1) is 11.3 Å². The zero-order valence-corrected chi connectivity index (χ0v) is 13.3. The highest BCUT2D eigenvalue weighted by molar-refractivity contribution is 5.78. The van der Waals surface area contributed by atoms with Crippen molar-refractivity contribution in [3.8, 4) is 0 Å². The van der Waals surface area contributed by atoms with E-state index in [1.165, 1.54) is 32.1 Å². The Bertz CT molecular complexity index is 335. The van der Waals surface area contributed by atoms with E-state index in [2.05, 4.69) is 31.1 Å². The van der Waals surface area contributed by atoms with Gasteiger partial charge in [-0.3, -0.25) is 4.99 Å².